The third kappa shape index (κ3) is 1.43. The molecular weight excluding hydrogens is 171 g/mol. The molecule has 13 heavy (non-hydrogen) atoms. The molecule has 4 heteroatoms. The van der Waals surface area contributed by atoms with E-state index in [0.717, 1.165) is 19.3 Å². The Kier molecular flexibility index (Phi) is 2.02. The zero-order valence-corrected chi connectivity index (χ0v) is 7.55. The van der Waals surface area contributed by atoms with Gasteiger partial charge in [0, 0.05) is 5.54 Å². The number of carbonyl (C=O) groups excluding carboxylic acids is 1. The first-order valence-electron chi connectivity index (χ1n) is 4.81. The Morgan fingerprint density at radius 3 is 3.00 bits per heavy atom. The van der Waals surface area contributed by atoms with Crippen molar-refractivity contribution in [3.63, 3.8) is 0 Å². The molecule has 3 nitrogen and oxygen atoms in total. The van der Waals surface area contributed by atoms with E-state index in [2.05, 4.69) is 5.32 Å². The SMILES string of the molecule is NC(=O)C1CC2CC2(CCCF)N1. The van der Waals surface area contributed by atoms with E-state index in [1.165, 1.54) is 0 Å². The molecule has 1 saturated heterocycles. The lowest BCUT2D eigenvalue weighted by molar-refractivity contribution is -0.120. The second-order valence-corrected chi connectivity index (χ2v) is 4.18. The summed E-state index contributed by atoms with van der Waals surface area (Å²) in [5.74, 6) is 0.295. The second-order valence-electron chi connectivity index (χ2n) is 4.18. The number of hydrogen-bond acceptors (Lipinski definition) is 2. The summed E-state index contributed by atoms with van der Waals surface area (Å²) in [6.45, 7) is -0.266. The highest BCUT2D eigenvalue weighted by molar-refractivity contribution is 5.80. The average Bonchev–Trinajstić information content (AvgIpc) is 2.65. The number of halogens is 1. The van der Waals surface area contributed by atoms with Crippen molar-refractivity contribution in [1.29, 1.82) is 0 Å². The number of piperidine rings is 1. The van der Waals surface area contributed by atoms with Crippen LogP contribution in [0.15, 0.2) is 0 Å². The second kappa shape index (κ2) is 2.94. The van der Waals surface area contributed by atoms with Crippen LogP contribution in [0, 0.1) is 5.92 Å². The molecule has 0 spiro atoms. The lowest BCUT2D eigenvalue weighted by Gasteiger charge is -2.16. The van der Waals surface area contributed by atoms with Gasteiger partial charge in [-0.15, -0.1) is 0 Å². The Labute approximate surface area is 76.9 Å². The topological polar surface area (TPSA) is 55.1 Å². The maximum absolute atomic E-state index is 12.0. The van der Waals surface area contributed by atoms with Gasteiger partial charge in [0.15, 0.2) is 0 Å². The number of alkyl halides is 1. The number of carbonyl (C=O) groups is 1. The highest BCUT2D eigenvalue weighted by Crippen LogP contribution is 2.54. The summed E-state index contributed by atoms with van der Waals surface area (Å²) < 4.78 is 12.0. The summed E-state index contributed by atoms with van der Waals surface area (Å²) in [5, 5.41) is 3.23. The molecule has 1 saturated carbocycles. The number of nitrogens with two attached hydrogens (primary N) is 1. The Morgan fingerprint density at radius 1 is 1.69 bits per heavy atom. The van der Waals surface area contributed by atoms with Crippen molar-refractivity contribution in [2.75, 3.05) is 6.67 Å². The molecule has 3 N–H and O–H groups in total. The monoisotopic (exact) mass is 186 g/mol. The van der Waals surface area contributed by atoms with Crippen LogP contribution < -0.4 is 11.1 Å². The highest BCUT2D eigenvalue weighted by atomic mass is 19.1. The van der Waals surface area contributed by atoms with Crippen molar-refractivity contribution in [1.82, 2.24) is 5.32 Å². The van der Waals surface area contributed by atoms with Crippen LogP contribution in [0.4, 0.5) is 4.39 Å². The van der Waals surface area contributed by atoms with Crippen molar-refractivity contribution in [3.8, 4) is 0 Å². The molecule has 1 aliphatic carbocycles. The standard InChI is InChI=1S/C9H15FN2O/c10-3-1-2-9-5-6(9)4-7(12-9)8(11)13/h6-7,12H,1-5H2,(H2,11,13). The molecule has 2 aliphatic rings. The minimum atomic E-state index is -0.271. The van der Waals surface area contributed by atoms with E-state index in [1.54, 1.807) is 0 Å². The molecule has 74 valence electrons. The first kappa shape index (κ1) is 8.94. The summed E-state index contributed by atoms with van der Waals surface area (Å²) in [6.07, 6.45) is 3.38. The van der Waals surface area contributed by atoms with Gasteiger partial charge in [-0.2, -0.15) is 0 Å². The van der Waals surface area contributed by atoms with Crippen molar-refractivity contribution in [2.45, 2.75) is 37.3 Å². The summed E-state index contributed by atoms with van der Waals surface area (Å²) in [6, 6.07) is -0.168. The molecule has 0 radical (unpaired) electrons. The summed E-state index contributed by atoms with van der Waals surface area (Å²) in [7, 11) is 0. The molecule has 3 unspecified atom stereocenters. The van der Waals surface area contributed by atoms with Crippen LogP contribution >= 0.6 is 0 Å². The molecule has 0 aromatic carbocycles. The van der Waals surface area contributed by atoms with E-state index in [9.17, 15) is 9.18 Å². The Hall–Kier alpha value is -0.640. The number of hydrogen-bond donors (Lipinski definition) is 2. The van der Waals surface area contributed by atoms with E-state index < -0.39 is 0 Å². The number of fused-ring (bicyclic) bond motifs is 1. The minimum Gasteiger partial charge on any atom is -0.368 e. The molecule has 1 heterocycles. The van der Waals surface area contributed by atoms with Crippen LogP contribution in [0.1, 0.15) is 25.7 Å². The first-order valence-corrected chi connectivity index (χ1v) is 4.81. The highest BCUT2D eigenvalue weighted by Gasteiger charge is 2.60. The predicted octanol–water partition coefficient (Wildman–Crippen LogP) is 0.342. The molecular formula is C9H15FN2O. The summed E-state index contributed by atoms with van der Waals surface area (Å²) in [4.78, 5) is 10.9. The number of rotatable bonds is 4. The Bertz CT molecular complexity index is 234. The molecule has 0 aromatic heterocycles. The quantitative estimate of drug-likeness (QED) is 0.665. The average molecular weight is 186 g/mol. The normalized spacial score (nSPS) is 41.6. The fourth-order valence-electron chi connectivity index (χ4n) is 2.50. The smallest absolute Gasteiger partial charge is 0.234 e. The third-order valence-electron chi connectivity index (χ3n) is 3.31. The molecule has 2 rings (SSSR count). The van der Waals surface area contributed by atoms with E-state index in [0.29, 0.717) is 12.3 Å². The predicted molar refractivity (Wildman–Crippen MR) is 46.8 cm³/mol. The van der Waals surface area contributed by atoms with Crippen molar-refractivity contribution >= 4 is 5.91 Å². The maximum atomic E-state index is 12.0. The number of primary amides is 1. The summed E-state index contributed by atoms with van der Waals surface area (Å²) in [5.41, 5.74) is 5.27. The van der Waals surface area contributed by atoms with Crippen LogP contribution in [0.5, 0.6) is 0 Å². The van der Waals surface area contributed by atoms with Gasteiger partial charge in [-0.05, 0) is 31.6 Å². The van der Waals surface area contributed by atoms with Crippen molar-refractivity contribution in [3.05, 3.63) is 0 Å². The maximum Gasteiger partial charge on any atom is 0.234 e. The van der Waals surface area contributed by atoms with Gasteiger partial charge in [-0.1, -0.05) is 0 Å². The number of nitrogens with one attached hydrogen (secondary N) is 1. The van der Waals surface area contributed by atoms with E-state index in [1.807, 2.05) is 0 Å². The number of amides is 1. The molecule has 0 aromatic rings. The van der Waals surface area contributed by atoms with Gasteiger partial charge in [0.25, 0.3) is 0 Å². The third-order valence-corrected chi connectivity index (χ3v) is 3.31. The lowest BCUT2D eigenvalue weighted by atomic mass is 10.1. The van der Waals surface area contributed by atoms with Crippen LogP contribution in [-0.4, -0.2) is 24.2 Å². The van der Waals surface area contributed by atoms with Crippen molar-refractivity contribution < 1.29 is 9.18 Å². The van der Waals surface area contributed by atoms with Gasteiger partial charge >= 0.3 is 0 Å². The van der Waals surface area contributed by atoms with Gasteiger partial charge in [0.1, 0.15) is 0 Å². The first-order chi connectivity index (χ1) is 6.18. The van der Waals surface area contributed by atoms with Gasteiger partial charge in [0.05, 0.1) is 12.7 Å². The zero-order chi connectivity index (χ0) is 9.47. The summed E-state index contributed by atoms with van der Waals surface area (Å²) >= 11 is 0. The lowest BCUT2D eigenvalue weighted by Crippen LogP contribution is -2.43. The largest absolute Gasteiger partial charge is 0.368 e. The van der Waals surface area contributed by atoms with E-state index in [-0.39, 0.29) is 24.2 Å². The van der Waals surface area contributed by atoms with E-state index >= 15 is 0 Å². The van der Waals surface area contributed by atoms with Crippen molar-refractivity contribution in [2.24, 2.45) is 11.7 Å². The van der Waals surface area contributed by atoms with Gasteiger partial charge < -0.3 is 5.73 Å². The van der Waals surface area contributed by atoms with Gasteiger partial charge in [-0.25, -0.2) is 0 Å². The zero-order valence-electron chi connectivity index (χ0n) is 7.55. The van der Waals surface area contributed by atoms with E-state index in [4.69, 9.17) is 5.73 Å². The molecule has 2 fully saturated rings. The van der Waals surface area contributed by atoms with Crippen LogP contribution in [0.2, 0.25) is 0 Å². The Balaban J connectivity index is 1.88. The fourth-order valence-corrected chi connectivity index (χ4v) is 2.50. The van der Waals surface area contributed by atoms with Gasteiger partial charge in [0.2, 0.25) is 5.91 Å². The van der Waals surface area contributed by atoms with Gasteiger partial charge in [-0.3, -0.25) is 14.5 Å². The molecule has 1 aliphatic heterocycles. The fraction of sp³-hybridized carbons (Fsp3) is 0.889. The van der Waals surface area contributed by atoms with Crippen LogP contribution in [0.3, 0.4) is 0 Å². The minimum absolute atomic E-state index is 0.0752. The molecule has 1 amide bonds. The van der Waals surface area contributed by atoms with Crippen LogP contribution in [0.25, 0.3) is 0 Å². The Morgan fingerprint density at radius 2 is 2.46 bits per heavy atom. The molecule has 0 bridgehead atoms. The van der Waals surface area contributed by atoms with Crippen LogP contribution in [-0.2, 0) is 4.79 Å². The molecule has 3 atom stereocenters.